The van der Waals surface area contributed by atoms with Gasteiger partial charge < -0.3 is 0 Å². The third kappa shape index (κ3) is 4.49. The average molecular weight is 559 g/mol. The Kier molecular flexibility index (Phi) is 6.59. The SMILES string of the molecule is c1ccc(-c2ccc(-c3c4ccccc4c(-c4ccccc4-c4ccccc4)c4ccccc34)c(-c3ccccc3)c2)cc1. The molecule has 8 aromatic carbocycles. The molecule has 0 heteroatoms. The summed E-state index contributed by atoms with van der Waals surface area (Å²) < 4.78 is 0. The largest absolute Gasteiger partial charge is 0.0622 e. The highest BCUT2D eigenvalue weighted by Crippen LogP contribution is 2.48. The number of fused-ring (bicyclic) bond motifs is 2. The molecule has 0 amide bonds. The van der Waals surface area contributed by atoms with Gasteiger partial charge in [-0.05, 0) is 83.2 Å². The molecular weight excluding hydrogens is 528 g/mol. The molecule has 0 saturated heterocycles. The van der Waals surface area contributed by atoms with Gasteiger partial charge in [0.15, 0.2) is 0 Å². The van der Waals surface area contributed by atoms with Gasteiger partial charge in [0, 0.05) is 0 Å². The molecule has 0 N–H and O–H groups in total. The van der Waals surface area contributed by atoms with Crippen LogP contribution in [0.2, 0.25) is 0 Å². The monoisotopic (exact) mass is 558 g/mol. The minimum Gasteiger partial charge on any atom is -0.0622 e. The van der Waals surface area contributed by atoms with E-state index in [9.17, 15) is 0 Å². The van der Waals surface area contributed by atoms with Gasteiger partial charge in [-0.1, -0.05) is 176 Å². The number of hydrogen-bond donors (Lipinski definition) is 0. The van der Waals surface area contributed by atoms with Gasteiger partial charge in [-0.2, -0.15) is 0 Å². The molecule has 0 radical (unpaired) electrons. The van der Waals surface area contributed by atoms with Crippen LogP contribution >= 0.6 is 0 Å². The van der Waals surface area contributed by atoms with E-state index in [-0.39, 0.29) is 0 Å². The average Bonchev–Trinajstić information content (AvgIpc) is 3.11. The lowest BCUT2D eigenvalue weighted by atomic mass is 9.82. The van der Waals surface area contributed by atoms with E-state index in [4.69, 9.17) is 0 Å². The van der Waals surface area contributed by atoms with E-state index in [1.54, 1.807) is 0 Å². The normalized spacial score (nSPS) is 11.2. The van der Waals surface area contributed by atoms with Crippen LogP contribution in [0.5, 0.6) is 0 Å². The summed E-state index contributed by atoms with van der Waals surface area (Å²) in [7, 11) is 0. The third-order valence-electron chi connectivity index (χ3n) is 8.69. The van der Waals surface area contributed by atoms with Crippen molar-refractivity contribution in [3.8, 4) is 55.6 Å². The van der Waals surface area contributed by atoms with E-state index < -0.39 is 0 Å². The zero-order valence-corrected chi connectivity index (χ0v) is 24.3. The zero-order valence-electron chi connectivity index (χ0n) is 24.3. The predicted octanol–water partition coefficient (Wildman–Crippen LogP) is 12.3. The molecule has 206 valence electrons. The van der Waals surface area contributed by atoms with Crippen molar-refractivity contribution in [3.05, 3.63) is 182 Å². The molecular formula is C44H30. The van der Waals surface area contributed by atoms with Gasteiger partial charge in [0.05, 0.1) is 0 Å². The quantitative estimate of drug-likeness (QED) is 0.184. The Morgan fingerprint density at radius 3 is 1.07 bits per heavy atom. The Labute approximate surface area is 258 Å². The molecule has 0 unspecified atom stereocenters. The first kappa shape index (κ1) is 25.9. The fourth-order valence-electron chi connectivity index (χ4n) is 6.71. The highest BCUT2D eigenvalue weighted by molar-refractivity contribution is 6.23. The first-order valence-electron chi connectivity index (χ1n) is 15.2. The van der Waals surface area contributed by atoms with Gasteiger partial charge in [-0.3, -0.25) is 0 Å². The van der Waals surface area contributed by atoms with Crippen molar-refractivity contribution in [2.45, 2.75) is 0 Å². The van der Waals surface area contributed by atoms with Crippen LogP contribution in [-0.2, 0) is 0 Å². The van der Waals surface area contributed by atoms with Gasteiger partial charge in [-0.15, -0.1) is 0 Å². The van der Waals surface area contributed by atoms with Crippen LogP contribution in [0.25, 0.3) is 77.2 Å². The lowest BCUT2D eigenvalue weighted by Crippen LogP contribution is -1.94. The van der Waals surface area contributed by atoms with E-state index in [0.717, 1.165) is 0 Å². The van der Waals surface area contributed by atoms with Crippen molar-refractivity contribution in [2.24, 2.45) is 0 Å². The number of hydrogen-bond acceptors (Lipinski definition) is 0. The molecule has 0 nitrogen and oxygen atoms in total. The highest BCUT2D eigenvalue weighted by Gasteiger charge is 2.20. The number of benzene rings is 8. The fourth-order valence-corrected chi connectivity index (χ4v) is 6.71. The second kappa shape index (κ2) is 11.2. The summed E-state index contributed by atoms with van der Waals surface area (Å²) in [5, 5.41) is 5.04. The van der Waals surface area contributed by atoms with Crippen molar-refractivity contribution < 1.29 is 0 Å². The molecule has 0 aliphatic carbocycles. The van der Waals surface area contributed by atoms with Gasteiger partial charge in [0.1, 0.15) is 0 Å². The second-order valence-electron chi connectivity index (χ2n) is 11.2. The summed E-state index contributed by atoms with van der Waals surface area (Å²) in [6.45, 7) is 0. The van der Waals surface area contributed by atoms with Crippen molar-refractivity contribution in [3.63, 3.8) is 0 Å². The van der Waals surface area contributed by atoms with Crippen LogP contribution in [0, 0.1) is 0 Å². The van der Waals surface area contributed by atoms with Crippen LogP contribution in [0.4, 0.5) is 0 Å². The molecule has 8 aromatic rings. The van der Waals surface area contributed by atoms with Gasteiger partial charge in [-0.25, -0.2) is 0 Å². The summed E-state index contributed by atoms with van der Waals surface area (Å²) in [5.41, 5.74) is 12.4. The molecule has 8 rings (SSSR count). The highest BCUT2D eigenvalue weighted by atomic mass is 14.2. The standard InChI is InChI=1S/C44H30/c1-4-16-31(17-5-1)34-28-29-41(42(30-34)33-20-8-3-9-21-33)44-39-26-14-12-24-37(39)43(38-25-13-15-27-40(38)44)36-23-11-10-22-35(36)32-18-6-2-7-19-32/h1-30H. The summed E-state index contributed by atoms with van der Waals surface area (Å²) >= 11 is 0. The van der Waals surface area contributed by atoms with E-state index in [1.165, 1.54) is 77.2 Å². The summed E-state index contributed by atoms with van der Waals surface area (Å²) in [4.78, 5) is 0. The maximum atomic E-state index is 2.36. The molecule has 44 heavy (non-hydrogen) atoms. The topological polar surface area (TPSA) is 0 Å². The first-order valence-corrected chi connectivity index (χ1v) is 15.2. The Balaban J connectivity index is 1.47. The lowest BCUT2D eigenvalue weighted by molar-refractivity contribution is 1.58. The Bertz CT molecular complexity index is 2190. The molecule has 0 aliphatic heterocycles. The summed E-state index contributed by atoms with van der Waals surface area (Å²) in [5.74, 6) is 0. The van der Waals surface area contributed by atoms with Crippen molar-refractivity contribution in [2.75, 3.05) is 0 Å². The maximum Gasteiger partial charge on any atom is -0.00201 e. The van der Waals surface area contributed by atoms with Crippen LogP contribution < -0.4 is 0 Å². The molecule has 0 fully saturated rings. The minimum atomic E-state index is 1.21. The maximum absolute atomic E-state index is 2.36. The van der Waals surface area contributed by atoms with Crippen LogP contribution in [-0.4, -0.2) is 0 Å². The second-order valence-corrected chi connectivity index (χ2v) is 11.2. The lowest BCUT2D eigenvalue weighted by Gasteiger charge is -2.21. The van der Waals surface area contributed by atoms with Gasteiger partial charge >= 0.3 is 0 Å². The van der Waals surface area contributed by atoms with Crippen LogP contribution in [0.3, 0.4) is 0 Å². The van der Waals surface area contributed by atoms with E-state index in [1.807, 2.05) is 0 Å². The molecule has 0 spiro atoms. The first-order chi connectivity index (χ1) is 21.9. The smallest absolute Gasteiger partial charge is 0.00201 e. The molecule has 0 heterocycles. The Hall–Kier alpha value is -5.72. The minimum absolute atomic E-state index is 1.21. The zero-order chi connectivity index (χ0) is 29.3. The van der Waals surface area contributed by atoms with Crippen molar-refractivity contribution in [1.29, 1.82) is 0 Å². The molecule has 0 atom stereocenters. The Morgan fingerprint density at radius 1 is 0.205 bits per heavy atom. The van der Waals surface area contributed by atoms with E-state index >= 15 is 0 Å². The van der Waals surface area contributed by atoms with E-state index in [2.05, 4.69) is 182 Å². The molecule has 0 saturated carbocycles. The third-order valence-corrected chi connectivity index (χ3v) is 8.69. The van der Waals surface area contributed by atoms with Gasteiger partial charge in [0.2, 0.25) is 0 Å². The fraction of sp³-hybridized carbons (Fsp3) is 0. The Morgan fingerprint density at radius 2 is 0.568 bits per heavy atom. The molecule has 0 bridgehead atoms. The van der Waals surface area contributed by atoms with Crippen molar-refractivity contribution >= 4 is 21.5 Å². The van der Waals surface area contributed by atoms with Crippen LogP contribution in [0.15, 0.2) is 182 Å². The van der Waals surface area contributed by atoms with Crippen molar-refractivity contribution in [1.82, 2.24) is 0 Å². The van der Waals surface area contributed by atoms with E-state index in [0.29, 0.717) is 0 Å². The summed E-state index contributed by atoms with van der Waals surface area (Å²) in [6.07, 6.45) is 0. The number of rotatable bonds is 5. The molecule has 0 aliphatic rings. The molecule has 0 aromatic heterocycles. The van der Waals surface area contributed by atoms with Gasteiger partial charge in [0.25, 0.3) is 0 Å². The van der Waals surface area contributed by atoms with Crippen LogP contribution in [0.1, 0.15) is 0 Å². The summed E-state index contributed by atoms with van der Waals surface area (Å²) in [6, 6.07) is 65.9. The predicted molar refractivity (Wildman–Crippen MR) is 189 cm³/mol.